The molecule has 7 heteroatoms. The second-order valence-electron chi connectivity index (χ2n) is 6.26. The molecule has 1 saturated heterocycles. The number of rotatable bonds is 7. The molecule has 0 radical (unpaired) electrons. The highest BCUT2D eigenvalue weighted by atomic mass is 19.1. The van der Waals surface area contributed by atoms with E-state index >= 15 is 0 Å². The third-order valence-electron chi connectivity index (χ3n) is 4.47. The van der Waals surface area contributed by atoms with Crippen LogP contribution in [0, 0.1) is 5.82 Å². The maximum atomic E-state index is 13.9. The summed E-state index contributed by atoms with van der Waals surface area (Å²) in [6.45, 7) is 1.19. The Balaban J connectivity index is 1.47. The molecular weight excluding hydrogens is 349 g/mol. The van der Waals surface area contributed by atoms with Crippen molar-refractivity contribution in [3.8, 4) is 5.75 Å². The zero-order chi connectivity index (χ0) is 19.2. The Kier molecular flexibility index (Phi) is 5.90. The van der Waals surface area contributed by atoms with Crippen molar-refractivity contribution in [2.75, 3.05) is 38.2 Å². The lowest BCUT2D eigenvalue weighted by Crippen LogP contribution is -2.40. The van der Waals surface area contributed by atoms with Crippen LogP contribution >= 0.6 is 0 Å². The molecule has 0 atom stereocenters. The molecule has 1 heterocycles. The minimum absolute atomic E-state index is 0.0353. The predicted octanol–water partition coefficient (Wildman–Crippen LogP) is 2.44. The Bertz CT molecular complexity index is 810. The van der Waals surface area contributed by atoms with Crippen LogP contribution in [0.25, 0.3) is 0 Å². The van der Waals surface area contributed by atoms with Crippen LogP contribution in [0.5, 0.6) is 5.75 Å². The first kappa shape index (κ1) is 18.7. The average molecular weight is 371 g/mol. The predicted molar refractivity (Wildman–Crippen MR) is 100 cm³/mol. The molecule has 3 amide bonds. The van der Waals surface area contributed by atoms with E-state index in [0.29, 0.717) is 26.1 Å². The highest BCUT2D eigenvalue weighted by Gasteiger charge is 2.31. The molecule has 0 bridgehead atoms. The summed E-state index contributed by atoms with van der Waals surface area (Å²) in [7, 11) is 1.61. The van der Waals surface area contributed by atoms with E-state index in [9.17, 15) is 14.0 Å². The van der Waals surface area contributed by atoms with Gasteiger partial charge in [0.2, 0.25) is 5.91 Å². The van der Waals surface area contributed by atoms with Crippen LogP contribution in [0.15, 0.2) is 48.5 Å². The van der Waals surface area contributed by atoms with Crippen molar-refractivity contribution in [1.29, 1.82) is 0 Å². The first-order valence-electron chi connectivity index (χ1n) is 8.79. The number of anilines is 1. The van der Waals surface area contributed by atoms with E-state index in [2.05, 4.69) is 5.32 Å². The molecule has 6 nitrogen and oxygen atoms in total. The fourth-order valence-electron chi connectivity index (χ4n) is 2.99. The molecule has 0 aliphatic carbocycles. The minimum Gasteiger partial charge on any atom is -0.497 e. The number of para-hydroxylation sites is 1. The number of hydrogen-bond acceptors (Lipinski definition) is 3. The Morgan fingerprint density at radius 1 is 1.15 bits per heavy atom. The van der Waals surface area contributed by atoms with Gasteiger partial charge in [0.1, 0.15) is 18.1 Å². The van der Waals surface area contributed by atoms with Crippen LogP contribution in [0.2, 0.25) is 0 Å². The summed E-state index contributed by atoms with van der Waals surface area (Å²) in [6, 6.07) is 13.4. The van der Waals surface area contributed by atoms with Gasteiger partial charge in [-0.2, -0.15) is 0 Å². The number of hydrogen-bond donors (Lipinski definition) is 1. The number of nitrogens with zero attached hydrogens (tertiary/aromatic N) is 2. The number of urea groups is 1. The van der Waals surface area contributed by atoms with E-state index in [1.807, 2.05) is 24.3 Å². The maximum Gasteiger partial charge on any atom is 0.325 e. The summed E-state index contributed by atoms with van der Waals surface area (Å²) in [5.74, 6) is 0.110. The summed E-state index contributed by atoms with van der Waals surface area (Å²) < 4.78 is 19.0. The van der Waals surface area contributed by atoms with Crippen molar-refractivity contribution in [3.05, 3.63) is 59.9 Å². The highest BCUT2D eigenvalue weighted by molar-refractivity contribution is 5.96. The SMILES string of the molecule is COc1ccc(CCNC(=O)CN2CCN(c3ccccc3F)C2=O)cc1. The van der Waals surface area contributed by atoms with Crippen molar-refractivity contribution < 1.29 is 18.7 Å². The van der Waals surface area contributed by atoms with E-state index in [1.165, 1.54) is 15.9 Å². The van der Waals surface area contributed by atoms with Gasteiger partial charge >= 0.3 is 6.03 Å². The van der Waals surface area contributed by atoms with Crippen LogP contribution in [0.1, 0.15) is 5.56 Å². The number of nitrogens with one attached hydrogen (secondary N) is 1. The number of ether oxygens (including phenoxy) is 1. The molecular formula is C20H22FN3O3. The fourth-order valence-corrected chi connectivity index (χ4v) is 2.99. The smallest absolute Gasteiger partial charge is 0.325 e. The number of methoxy groups -OCH3 is 1. The number of carbonyl (C=O) groups excluding carboxylic acids is 2. The standard InChI is InChI=1S/C20H22FN3O3/c1-27-16-8-6-15(7-9-16)10-11-22-19(25)14-23-12-13-24(20(23)26)18-5-3-2-4-17(18)21/h2-9H,10-14H2,1H3,(H,22,25). The highest BCUT2D eigenvalue weighted by Crippen LogP contribution is 2.23. The van der Waals surface area contributed by atoms with Crippen molar-refractivity contribution in [3.63, 3.8) is 0 Å². The normalized spacial score (nSPS) is 13.8. The van der Waals surface area contributed by atoms with Gasteiger partial charge in [0.25, 0.3) is 0 Å². The average Bonchev–Trinajstić information content (AvgIpc) is 3.03. The van der Waals surface area contributed by atoms with E-state index < -0.39 is 5.82 Å². The van der Waals surface area contributed by atoms with Gasteiger partial charge in [0.15, 0.2) is 0 Å². The zero-order valence-electron chi connectivity index (χ0n) is 15.2. The van der Waals surface area contributed by atoms with Gasteiger partial charge in [-0.15, -0.1) is 0 Å². The van der Waals surface area contributed by atoms with Gasteiger partial charge in [0, 0.05) is 19.6 Å². The van der Waals surface area contributed by atoms with Gasteiger partial charge in [-0.1, -0.05) is 24.3 Å². The van der Waals surface area contributed by atoms with Gasteiger partial charge in [-0.3, -0.25) is 9.69 Å². The van der Waals surface area contributed by atoms with Crippen LogP contribution in [0.4, 0.5) is 14.9 Å². The van der Waals surface area contributed by atoms with Crippen molar-refractivity contribution >= 4 is 17.6 Å². The molecule has 2 aromatic rings. The Morgan fingerprint density at radius 2 is 1.89 bits per heavy atom. The Labute approximate surface area is 157 Å². The molecule has 0 saturated carbocycles. The Morgan fingerprint density at radius 3 is 2.59 bits per heavy atom. The first-order valence-corrected chi connectivity index (χ1v) is 8.79. The van der Waals surface area contributed by atoms with E-state index in [-0.39, 0.29) is 24.2 Å². The van der Waals surface area contributed by atoms with Crippen molar-refractivity contribution in [2.24, 2.45) is 0 Å². The largest absolute Gasteiger partial charge is 0.497 e. The molecule has 1 N–H and O–H groups in total. The Hall–Kier alpha value is -3.09. The van der Waals surface area contributed by atoms with Gasteiger partial charge < -0.3 is 15.0 Å². The quantitative estimate of drug-likeness (QED) is 0.813. The molecule has 0 spiro atoms. The van der Waals surface area contributed by atoms with Crippen molar-refractivity contribution in [2.45, 2.75) is 6.42 Å². The number of halogens is 1. The number of carbonyl (C=O) groups is 2. The third-order valence-corrected chi connectivity index (χ3v) is 4.47. The van der Waals surface area contributed by atoms with Crippen LogP contribution in [0.3, 0.4) is 0 Å². The van der Waals surface area contributed by atoms with E-state index in [1.54, 1.807) is 25.3 Å². The molecule has 2 aromatic carbocycles. The van der Waals surface area contributed by atoms with Crippen LogP contribution in [-0.4, -0.2) is 50.1 Å². The maximum absolute atomic E-state index is 13.9. The molecule has 3 rings (SSSR count). The minimum atomic E-state index is -0.448. The molecule has 142 valence electrons. The van der Waals surface area contributed by atoms with Crippen LogP contribution < -0.4 is 15.0 Å². The third kappa shape index (κ3) is 4.55. The lowest BCUT2D eigenvalue weighted by Gasteiger charge is -2.18. The molecule has 1 aliphatic heterocycles. The first-order chi connectivity index (χ1) is 13.1. The van der Waals surface area contributed by atoms with E-state index in [4.69, 9.17) is 4.74 Å². The molecule has 1 fully saturated rings. The lowest BCUT2D eigenvalue weighted by atomic mass is 10.1. The number of amides is 3. The summed E-state index contributed by atoms with van der Waals surface area (Å²) in [5.41, 5.74) is 1.32. The summed E-state index contributed by atoms with van der Waals surface area (Å²) in [4.78, 5) is 27.4. The molecule has 1 aliphatic rings. The molecule has 0 aromatic heterocycles. The summed E-state index contributed by atoms with van der Waals surface area (Å²) in [6.07, 6.45) is 0.686. The molecule has 0 unspecified atom stereocenters. The number of benzene rings is 2. The van der Waals surface area contributed by atoms with Gasteiger partial charge in [-0.25, -0.2) is 9.18 Å². The zero-order valence-corrected chi connectivity index (χ0v) is 15.2. The van der Waals surface area contributed by atoms with Gasteiger partial charge in [0.05, 0.1) is 12.8 Å². The van der Waals surface area contributed by atoms with Gasteiger partial charge in [-0.05, 0) is 36.2 Å². The lowest BCUT2D eigenvalue weighted by molar-refractivity contribution is -0.121. The fraction of sp³-hybridized carbons (Fsp3) is 0.300. The van der Waals surface area contributed by atoms with Crippen LogP contribution in [-0.2, 0) is 11.2 Å². The topological polar surface area (TPSA) is 61.9 Å². The molecule has 27 heavy (non-hydrogen) atoms. The summed E-state index contributed by atoms with van der Waals surface area (Å²) >= 11 is 0. The second kappa shape index (κ2) is 8.53. The van der Waals surface area contributed by atoms with Crippen molar-refractivity contribution in [1.82, 2.24) is 10.2 Å². The monoisotopic (exact) mass is 371 g/mol. The van der Waals surface area contributed by atoms with E-state index in [0.717, 1.165) is 11.3 Å². The summed E-state index contributed by atoms with van der Waals surface area (Å²) in [5, 5.41) is 2.82. The second-order valence-corrected chi connectivity index (χ2v) is 6.26.